The van der Waals surface area contributed by atoms with E-state index >= 15 is 0 Å². The van der Waals surface area contributed by atoms with Gasteiger partial charge in [-0.1, -0.05) is 54.6 Å². The maximum absolute atomic E-state index is 6.28. The van der Waals surface area contributed by atoms with Gasteiger partial charge in [-0.25, -0.2) is 0 Å². The van der Waals surface area contributed by atoms with Gasteiger partial charge in [-0.2, -0.15) is 0 Å². The van der Waals surface area contributed by atoms with Crippen LogP contribution in [0.25, 0.3) is 0 Å². The van der Waals surface area contributed by atoms with Gasteiger partial charge in [0.05, 0.1) is 19.3 Å². The van der Waals surface area contributed by atoms with Gasteiger partial charge >= 0.3 is 0 Å². The van der Waals surface area contributed by atoms with E-state index in [4.69, 9.17) is 9.47 Å². The highest BCUT2D eigenvalue weighted by Gasteiger charge is 2.40. The van der Waals surface area contributed by atoms with Crippen LogP contribution in [0.3, 0.4) is 0 Å². The topological polar surface area (TPSA) is 18.5 Å². The molecule has 0 N–H and O–H groups in total. The molecule has 0 aliphatic carbocycles. The van der Waals surface area contributed by atoms with Crippen molar-refractivity contribution >= 4 is 0 Å². The number of hydrogen-bond acceptors (Lipinski definition) is 2. The smallest absolute Gasteiger partial charge is 0.123 e. The summed E-state index contributed by atoms with van der Waals surface area (Å²) in [6.07, 6.45) is 9.51. The summed E-state index contributed by atoms with van der Waals surface area (Å²) in [5, 5.41) is 0. The van der Waals surface area contributed by atoms with Crippen LogP contribution in [0.2, 0.25) is 0 Å². The molecule has 2 atom stereocenters. The highest BCUT2D eigenvalue weighted by Crippen LogP contribution is 2.37. The van der Waals surface area contributed by atoms with Gasteiger partial charge in [0, 0.05) is 6.42 Å². The third-order valence-corrected chi connectivity index (χ3v) is 3.74. The first-order chi connectivity index (χ1) is 11.2. The van der Waals surface area contributed by atoms with E-state index < -0.39 is 5.60 Å². The molecule has 2 heteroatoms. The van der Waals surface area contributed by atoms with Crippen molar-refractivity contribution in [3.05, 3.63) is 86.5 Å². The van der Waals surface area contributed by atoms with Crippen molar-refractivity contribution in [1.82, 2.24) is 0 Å². The summed E-state index contributed by atoms with van der Waals surface area (Å²) in [6, 6.07) is 10.2. The fourth-order valence-electron chi connectivity index (χ4n) is 2.72. The highest BCUT2D eigenvalue weighted by atomic mass is 16.5. The molecule has 0 bridgehead atoms. The molecule has 0 aromatic heterocycles. The van der Waals surface area contributed by atoms with Crippen LogP contribution >= 0.6 is 0 Å². The number of allylic oxidation sites excluding steroid dienone is 1. The van der Waals surface area contributed by atoms with E-state index in [1.54, 1.807) is 12.2 Å². The van der Waals surface area contributed by atoms with Crippen molar-refractivity contribution < 1.29 is 9.47 Å². The lowest BCUT2D eigenvalue weighted by Gasteiger charge is -2.40. The molecule has 0 spiro atoms. The molecule has 0 unspecified atom stereocenters. The van der Waals surface area contributed by atoms with Gasteiger partial charge in [-0.3, -0.25) is 0 Å². The van der Waals surface area contributed by atoms with E-state index in [0.717, 1.165) is 18.4 Å². The van der Waals surface area contributed by atoms with Gasteiger partial charge in [0.15, 0.2) is 0 Å². The normalized spacial score (nSPS) is 14.4. The highest BCUT2D eigenvalue weighted by molar-refractivity contribution is 5.26. The molecule has 0 saturated carbocycles. The average Bonchev–Trinajstić information content (AvgIpc) is 2.60. The predicted molar refractivity (Wildman–Crippen MR) is 98.5 cm³/mol. The molecule has 0 amide bonds. The zero-order valence-electron chi connectivity index (χ0n) is 14.0. The molecule has 1 aromatic rings. The maximum Gasteiger partial charge on any atom is 0.123 e. The maximum atomic E-state index is 6.28. The Hall–Kier alpha value is -1.90. The van der Waals surface area contributed by atoms with Crippen molar-refractivity contribution in [1.29, 1.82) is 0 Å². The minimum absolute atomic E-state index is 0.126. The van der Waals surface area contributed by atoms with Crippen LogP contribution in [-0.4, -0.2) is 19.3 Å². The summed E-state index contributed by atoms with van der Waals surface area (Å²) in [7, 11) is 0. The van der Waals surface area contributed by atoms with Crippen molar-refractivity contribution in [2.75, 3.05) is 13.2 Å². The summed E-state index contributed by atoms with van der Waals surface area (Å²) in [5.41, 5.74) is 0.489. The van der Waals surface area contributed by atoms with E-state index in [1.807, 2.05) is 30.4 Å². The Labute approximate surface area is 140 Å². The minimum Gasteiger partial charge on any atom is -0.371 e. The summed E-state index contributed by atoms with van der Waals surface area (Å²) >= 11 is 0. The standard InChI is InChI=1S/C21H28O2/c1-5-9-15-20(22-17-7-3)21(16-6-2,23-18-8-4)19-13-11-10-12-14-19/h5-8,10-14,20H,1-4,9,15-18H2/t20-,21+/m1/s1. The number of hydrogen-bond donors (Lipinski definition) is 0. The molecular weight excluding hydrogens is 284 g/mol. The van der Waals surface area contributed by atoms with Crippen LogP contribution in [0.15, 0.2) is 81.0 Å². The lowest BCUT2D eigenvalue weighted by molar-refractivity contribution is -0.142. The predicted octanol–water partition coefficient (Wildman–Crippen LogP) is 5.20. The van der Waals surface area contributed by atoms with E-state index in [1.165, 1.54) is 0 Å². The first-order valence-electron chi connectivity index (χ1n) is 7.99. The SMILES string of the molecule is C=CCC[C@@H](OCC=C)[C@@](CC=C)(OCC=C)c1ccccc1. The Morgan fingerprint density at radius 1 is 0.913 bits per heavy atom. The summed E-state index contributed by atoms with van der Waals surface area (Å²) in [6.45, 7) is 16.2. The van der Waals surface area contributed by atoms with E-state index in [9.17, 15) is 0 Å². The molecule has 1 aromatic carbocycles. The molecule has 0 radical (unpaired) electrons. The Bertz CT molecular complexity index is 480. The fraction of sp³-hybridized carbons (Fsp3) is 0.333. The van der Waals surface area contributed by atoms with Gasteiger partial charge in [-0.05, 0) is 18.4 Å². The molecule has 124 valence electrons. The molecule has 0 aliphatic rings. The van der Waals surface area contributed by atoms with Crippen molar-refractivity contribution in [2.24, 2.45) is 0 Å². The first kappa shape index (κ1) is 19.1. The van der Waals surface area contributed by atoms with Gasteiger partial charge < -0.3 is 9.47 Å². The van der Waals surface area contributed by atoms with Crippen LogP contribution in [0, 0.1) is 0 Å². The average molecular weight is 312 g/mol. The molecular formula is C21H28O2. The van der Waals surface area contributed by atoms with Crippen molar-refractivity contribution in [3.63, 3.8) is 0 Å². The molecule has 0 fully saturated rings. The minimum atomic E-state index is -0.594. The molecule has 1 rings (SSSR count). The van der Waals surface area contributed by atoms with Crippen LogP contribution in [-0.2, 0) is 15.1 Å². The van der Waals surface area contributed by atoms with Crippen molar-refractivity contribution in [2.45, 2.75) is 31.0 Å². The second-order valence-electron chi connectivity index (χ2n) is 5.32. The lowest BCUT2D eigenvalue weighted by Crippen LogP contribution is -2.44. The fourth-order valence-corrected chi connectivity index (χ4v) is 2.72. The van der Waals surface area contributed by atoms with Crippen LogP contribution in [0.4, 0.5) is 0 Å². The molecule has 0 saturated heterocycles. The zero-order chi connectivity index (χ0) is 17.0. The third kappa shape index (κ3) is 5.34. The molecule has 23 heavy (non-hydrogen) atoms. The first-order valence-corrected chi connectivity index (χ1v) is 7.99. The van der Waals surface area contributed by atoms with Crippen LogP contribution < -0.4 is 0 Å². The quantitative estimate of drug-likeness (QED) is 0.466. The Morgan fingerprint density at radius 2 is 1.61 bits per heavy atom. The summed E-state index contributed by atoms with van der Waals surface area (Å²) in [5.74, 6) is 0. The third-order valence-electron chi connectivity index (χ3n) is 3.74. The number of ether oxygens (including phenoxy) is 2. The molecule has 2 nitrogen and oxygen atoms in total. The van der Waals surface area contributed by atoms with E-state index in [0.29, 0.717) is 19.6 Å². The number of rotatable bonds is 13. The van der Waals surface area contributed by atoms with E-state index in [-0.39, 0.29) is 6.10 Å². The molecule has 0 aliphatic heterocycles. The van der Waals surface area contributed by atoms with Gasteiger partial charge in [-0.15, -0.1) is 26.3 Å². The van der Waals surface area contributed by atoms with Gasteiger partial charge in [0.2, 0.25) is 0 Å². The summed E-state index contributed by atoms with van der Waals surface area (Å²) < 4.78 is 12.4. The Balaban J connectivity index is 3.28. The zero-order valence-corrected chi connectivity index (χ0v) is 14.0. The van der Waals surface area contributed by atoms with Gasteiger partial charge in [0.1, 0.15) is 5.60 Å². The van der Waals surface area contributed by atoms with Crippen molar-refractivity contribution in [3.8, 4) is 0 Å². The number of benzene rings is 1. The molecule has 0 heterocycles. The monoisotopic (exact) mass is 312 g/mol. The van der Waals surface area contributed by atoms with Crippen LogP contribution in [0.5, 0.6) is 0 Å². The Morgan fingerprint density at radius 3 is 2.17 bits per heavy atom. The van der Waals surface area contributed by atoms with E-state index in [2.05, 4.69) is 38.4 Å². The van der Waals surface area contributed by atoms with Crippen LogP contribution in [0.1, 0.15) is 24.8 Å². The summed E-state index contributed by atoms with van der Waals surface area (Å²) in [4.78, 5) is 0. The Kier molecular flexibility index (Phi) is 8.96. The van der Waals surface area contributed by atoms with Gasteiger partial charge in [0.25, 0.3) is 0 Å². The largest absolute Gasteiger partial charge is 0.371 e. The second-order valence-corrected chi connectivity index (χ2v) is 5.32. The second kappa shape index (κ2) is 10.8. The lowest BCUT2D eigenvalue weighted by atomic mass is 9.82.